The molecule has 0 aliphatic carbocycles. The van der Waals surface area contributed by atoms with Crippen molar-refractivity contribution in [3.05, 3.63) is 131 Å². The number of rotatable bonds is 10. The summed E-state index contributed by atoms with van der Waals surface area (Å²) < 4.78 is 13.5. The molecule has 3 heterocycles. The molecule has 2 aliphatic heterocycles. The lowest BCUT2D eigenvalue weighted by atomic mass is 9.89. The Balaban J connectivity index is 1.10. The molecule has 0 saturated carbocycles. The van der Waals surface area contributed by atoms with Crippen molar-refractivity contribution in [1.29, 1.82) is 0 Å². The van der Waals surface area contributed by atoms with E-state index in [1.807, 2.05) is 72.8 Å². The van der Waals surface area contributed by atoms with Gasteiger partial charge < -0.3 is 25.0 Å². The minimum Gasteiger partial charge on any atom is -0.395 e. The molecule has 2 aliphatic rings. The quantitative estimate of drug-likeness (QED) is 0.168. The summed E-state index contributed by atoms with van der Waals surface area (Å²) in [4.78, 5) is 24.1. The van der Waals surface area contributed by atoms with E-state index in [1.54, 1.807) is 0 Å². The molecule has 5 aromatic rings. The van der Waals surface area contributed by atoms with Gasteiger partial charge in [-0.05, 0) is 71.5 Å². The number of likely N-dealkylation sites (tertiary alicyclic amines) is 1. The van der Waals surface area contributed by atoms with E-state index in [0.29, 0.717) is 12.1 Å². The number of aromatic nitrogens is 2. The standard InChI is InChI=1S/C40H42N4O5/c1-26-37(23-44-18-6-11-33(44)25-46)48-40(49-38(26)29-16-14-27(24-45)15-17-29)32-10-5-9-31(20-32)30-8-4-7-28(19-30)21-42-39(47)36-22-41-34-12-2-3-13-35(34)43-36/h2-5,7-10,12-17,19-20,22,26,33,37-38,40,45-46H,6,11,18,21,23-25H2,1H3,(H,42,47)/t26-,33-,37+,38+,40+/m0/s1. The number of benzene rings is 4. The summed E-state index contributed by atoms with van der Waals surface area (Å²) in [5.41, 5.74) is 7.51. The van der Waals surface area contributed by atoms with Gasteiger partial charge in [-0.15, -0.1) is 0 Å². The number of aliphatic hydroxyl groups is 2. The van der Waals surface area contributed by atoms with Crippen LogP contribution in [0.15, 0.2) is 103 Å². The smallest absolute Gasteiger partial charge is 0.271 e. The van der Waals surface area contributed by atoms with Crippen molar-refractivity contribution in [2.24, 2.45) is 5.92 Å². The zero-order valence-electron chi connectivity index (χ0n) is 27.6. The van der Waals surface area contributed by atoms with Crippen molar-refractivity contribution in [2.45, 2.75) is 57.5 Å². The predicted molar refractivity (Wildman–Crippen MR) is 187 cm³/mol. The molecule has 9 nitrogen and oxygen atoms in total. The molecule has 0 spiro atoms. The van der Waals surface area contributed by atoms with E-state index in [1.165, 1.54) is 6.20 Å². The molecule has 252 valence electrons. The Bertz CT molecular complexity index is 1900. The monoisotopic (exact) mass is 658 g/mol. The average molecular weight is 659 g/mol. The van der Waals surface area contributed by atoms with Gasteiger partial charge in [0.2, 0.25) is 0 Å². The van der Waals surface area contributed by atoms with E-state index >= 15 is 0 Å². The van der Waals surface area contributed by atoms with Gasteiger partial charge in [-0.25, -0.2) is 4.98 Å². The highest BCUT2D eigenvalue weighted by Gasteiger charge is 2.40. The fourth-order valence-electron chi connectivity index (χ4n) is 6.97. The molecule has 1 amide bonds. The highest BCUT2D eigenvalue weighted by atomic mass is 16.7. The molecule has 2 saturated heterocycles. The summed E-state index contributed by atoms with van der Waals surface area (Å²) >= 11 is 0. The number of ether oxygens (including phenoxy) is 2. The Labute approximate surface area is 286 Å². The summed E-state index contributed by atoms with van der Waals surface area (Å²) in [6.45, 7) is 4.32. The highest BCUT2D eigenvalue weighted by Crippen LogP contribution is 2.43. The summed E-state index contributed by atoms with van der Waals surface area (Å²) in [6, 6.07) is 31.9. The van der Waals surface area contributed by atoms with Gasteiger partial charge in [0.25, 0.3) is 5.91 Å². The lowest BCUT2D eigenvalue weighted by molar-refractivity contribution is -0.276. The number of hydrogen-bond donors (Lipinski definition) is 3. The van der Waals surface area contributed by atoms with E-state index in [0.717, 1.165) is 64.8 Å². The molecular weight excluding hydrogens is 616 g/mol. The van der Waals surface area contributed by atoms with Gasteiger partial charge in [-0.1, -0.05) is 79.7 Å². The largest absolute Gasteiger partial charge is 0.395 e. The molecule has 5 atom stereocenters. The Morgan fingerprint density at radius 2 is 1.65 bits per heavy atom. The molecule has 1 aromatic heterocycles. The van der Waals surface area contributed by atoms with Gasteiger partial charge in [0.1, 0.15) is 5.69 Å². The molecule has 3 N–H and O–H groups in total. The zero-order valence-corrected chi connectivity index (χ0v) is 27.6. The van der Waals surface area contributed by atoms with Crippen molar-refractivity contribution in [3.8, 4) is 11.1 Å². The maximum atomic E-state index is 12.9. The van der Waals surface area contributed by atoms with Crippen LogP contribution in [-0.4, -0.2) is 62.8 Å². The summed E-state index contributed by atoms with van der Waals surface area (Å²) in [6.07, 6.45) is 2.65. The van der Waals surface area contributed by atoms with Crippen molar-refractivity contribution >= 4 is 16.9 Å². The van der Waals surface area contributed by atoms with Crippen LogP contribution in [0.4, 0.5) is 0 Å². The summed E-state index contributed by atoms with van der Waals surface area (Å²) in [5.74, 6) is -0.215. The van der Waals surface area contributed by atoms with Crippen molar-refractivity contribution < 1.29 is 24.5 Å². The first-order valence-electron chi connectivity index (χ1n) is 17.0. The second-order valence-corrected chi connectivity index (χ2v) is 13.0. The van der Waals surface area contributed by atoms with Crippen molar-refractivity contribution in [2.75, 3.05) is 19.7 Å². The molecule has 0 radical (unpaired) electrons. The van der Waals surface area contributed by atoms with E-state index in [2.05, 4.69) is 51.4 Å². The first-order valence-corrected chi connectivity index (χ1v) is 17.0. The van der Waals surface area contributed by atoms with Gasteiger partial charge in [-0.3, -0.25) is 14.7 Å². The first kappa shape index (κ1) is 33.0. The minimum atomic E-state index is -0.593. The second-order valence-electron chi connectivity index (χ2n) is 13.0. The maximum Gasteiger partial charge on any atom is 0.271 e. The number of para-hydroxylation sites is 2. The van der Waals surface area contributed by atoms with Crippen LogP contribution < -0.4 is 5.32 Å². The van der Waals surface area contributed by atoms with Crippen LogP contribution in [-0.2, 0) is 22.6 Å². The summed E-state index contributed by atoms with van der Waals surface area (Å²) in [7, 11) is 0. The SMILES string of the molecule is C[C@H]1[C@@H](CN2CCC[C@H]2CO)O[C@@H](c2cccc(-c3cccc(CNC(=O)c4cnc5ccccc5n4)c3)c2)O[C@H]1c1ccc(CO)cc1. The number of aliphatic hydroxyl groups excluding tert-OH is 2. The Morgan fingerprint density at radius 3 is 2.45 bits per heavy atom. The third-order valence-corrected chi connectivity index (χ3v) is 9.80. The molecular formula is C40H42N4O5. The maximum absolute atomic E-state index is 12.9. The Morgan fingerprint density at radius 1 is 0.878 bits per heavy atom. The molecule has 9 heteroatoms. The van der Waals surface area contributed by atoms with E-state index in [-0.39, 0.29) is 49.0 Å². The molecule has 2 fully saturated rings. The minimum absolute atomic E-state index is 0.00722. The predicted octanol–water partition coefficient (Wildman–Crippen LogP) is 5.97. The van der Waals surface area contributed by atoms with Crippen LogP contribution >= 0.6 is 0 Å². The van der Waals surface area contributed by atoms with Gasteiger partial charge in [0.15, 0.2) is 6.29 Å². The summed E-state index contributed by atoms with van der Waals surface area (Å²) in [5, 5.41) is 22.6. The third-order valence-electron chi connectivity index (χ3n) is 9.80. The topological polar surface area (TPSA) is 117 Å². The Kier molecular flexibility index (Phi) is 10.1. The van der Waals surface area contributed by atoms with E-state index in [4.69, 9.17) is 9.47 Å². The van der Waals surface area contributed by atoms with Gasteiger partial charge in [-0.2, -0.15) is 0 Å². The Hall–Kier alpha value is -4.51. The van der Waals surface area contributed by atoms with Gasteiger partial charge in [0, 0.05) is 30.6 Å². The molecule has 7 rings (SSSR count). The number of carbonyl (C=O) groups is 1. The lowest BCUT2D eigenvalue weighted by Crippen LogP contribution is -2.46. The molecule has 4 aromatic carbocycles. The normalized spacial score (nSPS) is 22.7. The third kappa shape index (κ3) is 7.41. The number of hydrogen-bond acceptors (Lipinski definition) is 8. The lowest BCUT2D eigenvalue weighted by Gasteiger charge is -2.43. The number of amides is 1. The molecule has 49 heavy (non-hydrogen) atoms. The van der Waals surface area contributed by atoms with E-state index < -0.39 is 6.29 Å². The second kappa shape index (κ2) is 14.9. The van der Waals surface area contributed by atoms with Crippen molar-refractivity contribution in [1.82, 2.24) is 20.2 Å². The van der Waals surface area contributed by atoms with Crippen LogP contribution in [0.3, 0.4) is 0 Å². The first-order chi connectivity index (χ1) is 24.0. The van der Waals surface area contributed by atoms with Gasteiger partial charge in [0.05, 0.1) is 42.7 Å². The van der Waals surface area contributed by atoms with E-state index in [9.17, 15) is 15.0 Å². The van der Waals surface area contributed by atoms with Crippen molar-refractivity contribution in [3.63, 3.8) is 0 Å². The zero-order chi connectivity index (χ0) is 33.7. The number of carbonyl (C=O) groups excluding carboxylic acids is 1. The molecule has 0 unspecified atom stereocenters. The average Bonchev–Trinajstić information content (AvgIpc) is 3.61. The van der Waals surface area contributed by atoms with Crippen LogP contribution in [0.2, 0.25) is 0 Å². The fraction of sp³-hybridized carbons (Fsp3) is 0.325. The fourth-order valence-corrected chi connectivity index (χ4v) is 6.97. The van der Waals surface area contributed by atoms with Crippen LogP contribution in [0.1, 0.15) is 64.9 Å². The molecule has 0 bridgehead atoms. The van der Waals surface area contributed by atoms with Crippen LogP contribution in [0.5, 0.6) is 0 Å². The number of nitrogens with one attached hydrogen (secondary N) is 1. The number of nitrogens with zero attached hydrogens (tertiary/aromatic N) is 3. The number of fused-ring (bicyclic) bond motifs is 1. The van der Waals surface area contributed by atoms with Gasteiger partial charge >= 0.3 is 0 Å². The highest BCUT2D eigenvalue weighted by molar-refractivity contribution is 5.93. The van der Waals surface area contributed by atoms with Crippen LogP contribution in [0.25, 0.3) is 22.2 Å². The van der Waals surface area contributed by atoms with Crippen LogP contribution in [0, 0.1) is 5.92 Å².